The highest BCUT2D eigenvalue weighted by atomic mass is 28.4. The molecule has 1 saturated heterocycles. The van der Waals surface area contributed by atoms with Crippen LogP contribution in [0.25, 0.3) is 0 Å². The summed E-state index contributed by atoms with van der Waals surface area (Å²) in [6.07, 6.45) is 4.77. The Balaban J connectivity index is 1.81. The normalized spacial score (nSPS) is 17.2. The van der Waals surface area contributed by atoms with Crippen molar-refractivity contribution in [3.05, 3.63) is 60.2 Å². The van der Waals surface area contributed by atoms with E-state index in [0.717, 1.165) is 27.8 Å². The molecule has 5 heteroatoms. The molecule has 1 heterocycles. The first-order chi connectivity index (χ1) is 12.4. The topological polar surface area (TPSA) is 20.2 Å². The molecule has 0 amide bonds. The quantitative estimate of drug-likeness (QED) is 0.607. The van der Waals surface area contributed by atoms with Crippen LogP contribution in [0, 0.1) is 11.6 Å². The molecule has 2 aromatic rings. The molecule has 0 aromatic heterocycles. The zero-order valence-electron chi connectivity index (χ0n) is 15.4. The van der Waals surface area contributed by atoms with Gasteiger partial charge in [-0.1, -0.05) is 24.3 Å². The van der Waals surface area contributed by atoms with Gasteiger partial charge >= 0.3 is 0 Å². The van der Waals surface area contributed by atoms with E-state index >= 15 is 0 Å². The van der Waals surface area contributed by atoms with Crippen molar-refractivity contribution in [3.63, 3.8) is 0 Å². The van der Waals surface area contributed by atoms with E-state index in [4.69, 9.17) is 0 Å². The van der Waals surface area contributed by atoms with Crippen molar-refractivity contribution >= 4 is 18.7 Å². The second-order valence-corrected chi connectivity index (χ2v) is 11.2. The molecule has 0 atom stereocenters. The third-order valence-corrected chi connectivity index (χ3v) is 9.43. The fourth-order valence-corrected chi connectivity index (χ4v) is 7.14. The molecule has 0 spiro atoms. The van der Waals surface area contributed by atoms with Gasteiger partial charge in [-0.15, -0.1) is 0 Å². The molecule has 3 rings (SSSR count). The van der Waals surface area contributed by atoms with Crippen molar-refractivity contribution in [2.24, 2.45) is 0 Å². The molecule has 0 unspecified atom stereocenters. The molecule has 1 N–H and O–H groups in total. The van der Waals surface area contributed by atoms with Crippen LogP contribution >= 0.6 is 0 Å². The lowest BCUT2D eigenvalue weighted by Gasteiger charge is -2.38. The molecule has 140 valence electrons. The van der Waals surface area contributed by atoms with Gasteiger partial charge in [0.2, 0.25) is 0 Å². The van der Waals surface area contributed by atoms with Crippen molar-refractivity contribution in [2.45, 2.75) is 31.7 Å². The number of benzene rings is 2. The van der Waals surface area contributed by atoms with E-state index in [2.05, 4.69) is 7.05 Å². The summed E-state index contributed by atoms with van der Waals surface area (Å²) in [4.78, 5) is 11.6. The van der Waals surface area contributed by atoms with E-state index in [1.165, 1.54) is 56.6 Å². The summed E-state index contributed by atoms with van der Waals surface area (Å²) in [5.74, 6) is -0.619. The molecule has 1 aliphatic heterocycles. The Hall–Kier alpha value is -1.56. The Morgan fingerprint density at radius 1 is 0.846 bits per heavy atom. The first-order valence-corrected chi connectivity index (χ1v) is 11.6. The minimum absolute atomic E-state index is 0.310. The molecule has 0 bridgehead atoms. The molecule has 0 radical (unpaired) electrons. The first kappa shape index (κ1) is 19.2. The summed E-state index contributed by atoms with van der Waals surface area (Å²) in [5, 5.41) is 1.57. The van der Waals surface area contributed by atoms with Crippen molar-refractivity contribution < 1.29 is 18.1 Å². The van der Waals surface area contributed by atoms with E-state index < -0.39 is 8.32 Å². The third-order valence-electron chi connectivity index (χ3n) is 5.78. The predicted octanol–water partition coefficient (Wildman–Crippen LogP) is 3.04. The van der Waals surface area contributed by atoms with E-state index in [0.29, 0.717) is 6.04 Å². The minimum atomic E-state index is -3.01. The highest BCUT2D eigenvalue weighted by Gasteiger charge is 2.36. The highest BCUT2D eigenvalue weighted by Crippen LogP contribution is 2.19. The summed E-state index contributed by atoms with van der Waals surface area (Å²) in [6.45, 7) is 3.44. The number of nitrogens with zero attached hydrogens (tertiary/aromatic N) is 1. The van der Waals surface area contributed by atoms with Crippen LogP contribution in [0.5, 0.6) is 0 Å². The van der Waals surface area contributed by atoms with Crippen LogP contribution in [0.15, 0.2) is 48.5 Å². The summed E-state index contributed by atoms with van der Waals surface area (Å²) in [6, 6.07) is 13.0. The Morgan fingerprint density at radius 2 is 1.31 bits per heavy atom. The number of halogens is 2. The van der Waals surface area contributed by atoms with Crippen LogP contribution < -0.4 is 10.4 Å². The van der Waals surface area contributed by atoms with Gasteiger partial charge in [0, 0.05) is 0 Å². The van der Waals surface area contributed by atoms with Crippen LogP contribution in [0.4, 0.5) is 8.78 Å². The lowest BCUT2D eigenvalue weighted by Crippen LogP contribution is -2.59. The zero-order chi connectivity index (χ0) is 18.6. The van der Waals surface area contributed by atoms with E-state index in [-0.39, 0.29) is 11.6 Å². The van der Waals surface area contributed by atoms with E-state index in [9.17, 15) is 13.6 Å². The van der Waals surface area contributed by atoms with Crippen LogP contribution in [-0.4, -0.2) is 44.3 Å². The molecule has 2 aromatic carbocycles. The number of likely N-dealkylation sites (tertiary alicyclic amines) is 1. The second kappa shape index (κ2) is 7.99. The fraction of sp³-hybridized carbons (Fsp3) is 0.429. The van der Waals surface area contributed by atoms with Gasteiger partial charge in [0.05, 0.1) is 26.7 Å². The SMILES string of the molecule is C[N+]1(CCC[Si](O)(c2ccc(F)cc2)c2ccc(F)cc2)CCCCC1. The van der Waals surface area contributed by atoms with Gasteiger partial charge in [0.25, 0.3) is 8.32 Å². The summed E-state index contributed by atoms with van der Waals surface area (Å²) < 4.78 is 27.8. The maximum Gasteiger partial charge on any atom is 0.252 e. The molecular weight excluding hydrogens is 348 g/mol. The number of quaternary nitrogens is 1. The summed E-state index contributed by atoms with van der Waals surface area (Å²) >= 11 is 0. The van der Waals surface area contributed by atoms with Gasteiger partial charge in [0.15, 0.2) is 0 Å². The number of hydrogen-bond donors (Lipinski definition) is 1. The van der Waals surface area contributed by atoms with Gasteiger partial charge in [-0.25, -0.2) is 8.78 Å². The standard InChI is InChI=1S/C21H28F2NOSi/c1-24(14-3-2-4-15-24)16-5-17-26(25,20-10-6-18(22)7-11-20)21-12-8-19(23)9-13-21/h6-13,25H,2-5,14-17H2,1H3/q+1. The molecule has 26 heavy (non-hydrogen) atoms. The van der Waals surface area contributed by atoms with Crippen molar-refractivity contribution in [1.29, 1.82) is 0 Å². The molecule has 1 aliphatic rings. The maximum atomic E-state index is 13.4. The van der Waals surface area contributed by atoms with Gasteiger partial charge in [0.1, 0.15) is 11.6 Å². The van der Waals surface area contributed by atoms with Crippen LogP contribution in [-0.2, 0) is 0 Å². The Labute approximate surface area is 155 Å². The molecular formula is C21H28F2NOSi+. The Bertz CT molecular complexity index is 666. The lowest BCUT2D eigenvalue weighted by molar-refractivity contribution is -0.914. The van der Waals surface area contributed by atoms with Crippen LogP contribution in [0.3, 0.4) is 0 Å². The largest absolute Gasteiger partial charge is 0.424 e. The van der Waals surface area contributed by atoms with Gasteiger partial charge in [-0.3, -0.25) is 0 Å². The highest BCUT2D eigenvalue weighted by molar-refractivity contribution is 6.96. The zero-order valence-corrected chi connectivity index (χ0v) is 16.4. The summed E-state index contributed by atoms with van der Waals surface area (Å²) in [5.41, 5.74) is 0. The second-order valence-electron chi connectivity index (χ2n) is 7.83. The van der Waals surface area contributed by atoms with Crippen LogP contribution in [0.2, 0.25) is 6.04 Å². The molecule has 0 saturated carbocycles. The minimum Gasteiger partial charge on any atom is -0.424 e. The van der Waals surface area contributed by atoms with E-state index in [1.54, 1.807) is 24.3 Å². The van der Waals surface area contributed by atoms with Crippen LogP contribution in [0.1, 0.15) is 25.7 Å². The number of hydrogen-bond acceptors (Lipinski definition) is 1. The van der Waals surface area contributed by atoms with E-state index in [1.807, 2.05) is 0 Å². The average molecular weight is 377 g/mol. The van der Waals surface area contributed by atoms with Gasteiger partial charge < -0.3 is 9.28 Å². The van der Waals surface area contributed by atoms with Crippen molar-refractivity contribution in [3.8, 4) is 0 Å². The first-order valence-electron chi connectivity index (χ1n) is 9.49. The predicted molar refractivity (Wildman–Crippen MR) is 104 cm³/mol. The third kappa shape index (κ3) is 4.39. The monoisotopic (exact) mass is 376 g/mol. The fourth-order valence-electron chi connectivity index (χ4n) is 4.12. The van der Waals surface area contributed by atoms with Gasteiger partial charge in [-0.05, 0) is 66.4 Å². The lowest BCUT2D eigenvalue weighted by atomic mass is 10.1. The smallest absolute Gasteiger partial charge is 0.252 e. The Kier molecular flexibility index (Phi) is 5.90. The van der Waals surface area contributed by atoms with Crippen molar-refractivity contribution in [2.75, 3.05) is 26.7 Å². The van der Waals surface area contributed by atoms with Crippen molar-refractivity contribution in [1.82, 2.24) is 0 Å². The number of rotatable bonds is 6. The van der Waals surface area contributed by atoms with Gasteiger partial charge in [-0.2, -0.15) is 0 Å². The Morgan fingerprint density at radius 3 is 1.77 bits per heavy atom. The molecule has 2 nitrogen and oxygen atoms in total. The molecule has 1 fully saturated rings. The average Bonchev–Trinajstić information content (AvgIpc) is 2.63. The molecule has 0 aliphatic carbocycles. The number of piperidine rings is 1. The summed E-state index contributed by atoms with van der Waals surface area (Å²) in [7, 11) is -0.707. The maximum absolute atomic E-state index is 13.4.